The van der Waals surface area contributed by atoms with Crippen LogP contribution < -0.4 is 16.0 Å². The minimum atomic E-state index is 0.0872. The molecule has 1 amide bonds. The molecule has 1 heterocycles. The second kappa shape index (κ2) is 11.8. The summed E-state index contributed by atoms with van der Waals surface area (Å²) in [6.45, 7) is 0. The molecule has 1 aromatic carbocycles. The van der Waals surface area contributed by atoms with Crippen molar-refractivity contribution in [2.24, 2.45) is 0 Å². The number of nitrogens with one attached hydrogen (secondary N) is 4. The van der Waals surface area contributed by atoms with E-state index >= 15 is 0 Å². The van der Waals surface area contributed by atoms with Crippen LogP contribution in [0, 0.1) is 5.41 Å². The van der Waals surface area contributed by atoms with Gasteiger partial charge in [0.1, 0.15) is 5.82 Å². The molecule has 2 rings (SSSR count). The lowest BCUT2D eigenvalue weighted by atomic mass is 10.3. The van der Waals surface area contributed by atoms with E-state index in [9.17, 15) is 9.59 Å². The monoisotopic (exact) mass is 437 g/mol. The summed E-state index contributed by atoms with van der Waals surface area (Å²) in [5.74, 6) is 0.381. The molecule has 0 atom stereocenters. The number of nitrogens with zero attached hydrogens (tertiary/aromatic N) is 1. The first-order valence-electron chi connectivity index (χ1n) is 7.27. The van der Waals surface area contributed by atoms with E-state index in [0.717, 1.165) is 11.4 Å². The van der Waals surface area contributed by atoms with Crippen LogP contribution in [0.15, 0.2) is 54.4 Å². The first-order chi connectivity index (χ1) is 12.5. The van der Waals surface area contributed by atoms with Gasteiger partial charge in [0.25, 0.3) is 0 Å². The van der Waals surface area contributed by atoms with Crippen LogP contribution in [-0.4, -0.2) is 29.3 Å². The minimum Gasteiger partial charge on any atom is -0.386 e. The fourth-order valence-corrected chi connectivity index (χ4v) is 2.16. The molecule has 136 valence electrons. The molecule has 0 unspecified atom stereocenters. The van der Waals surface area contributed by atoms with Gasteiger partial charge in [-0.3, -0.25) is 15.0 Å². The molecule has 0 aliphatic heterocycles. The van der Waals surface area contributed by atoms with Gasteiger partial charge in [-0.25, -0.2) is 4.98 Å². The molecule has 0 aliphatic rings. The highest BCUT2D eigenvalue weighted by Crippen LogP contribution is 2.19. The number of carbonyl (C=O) groups excluding carboxylic acids is 2. The number of benzene rings is 1. The molecule has 0 fully saturated rings. The highest BCUT2D eigenvalue weighted by atomic mass is 79.9. The van der Waals surface area contributed by atoms with E-state index in [0.29, 0.717) is 23.5 Å². The Hall–Kier alpha value is -2.71. The molecule has 0 saturated carbocycles. The topological polar surface area (TPSA) is 107 Å². The van der Waals surface area contributed by atoms with Gasteiger partial charge < -0.3 is 16.0 Å². The Kier molecular flexibility index (Phi) is 9.66. The van der Waals surface area contributed by atoms with Gasteiger partial charge in [0.15, 0.2) is 6.29 Å². The molecule has 0 aliphatic carbocycles. The third-order valence-corrected chi connectivity index (χ3v) is 3.38. The Morgan fingerprint density at radius 3 is 2.42 bits per heavy atom. The Labute approximate surface area is 164 Å². The van der Waals surface area contributed by atoms with E-state index in [1.165, 1.54) is 6.08 Å². The van der Waals surface area contributed by atoms with Crippen molar-refractivity contribution in [1.82, 2.24) is 4.98 Å². The van der Waals surface area contributed by atoms with Crippen molar-refractivity contribution < 1.29 is 9.59 Å². The first-order valence-corrected chi connectivity index (χ1v) is 8.44. The van der Waals surface area contributed by atoms with E-state index in [1.54, 1.807) is 18.3 Å². The SMILES string of the molecule is CNc1ccccc1NC=O.N=C(Br)/C=C(/C=O)Nc1ncccc1Cl. The van der Waals surface area contributed by atoms with Crippen molar-refractivity contribution in [1.29, 1.82) is 5.41 Å². The summed E-state index contributed by atoms with van der Waals surface area (Å²) in [6.07, 6.45) is 4.12. The summed E-state index contributed by atoms with van der Waals surface area (Å²) in [7, 11) is 1.81. The number of hydrogen-bond donors (Lipinski definition) is 4. The third kappa shape index (κ3) is 7.45. The summed E-state index contributed by atoms with van der Waals surface area (Å²) < 4.78 is 0.0872. The molecule has 26 heavy (non-hydrogen) atoms. The summed E-state index contributed by atoms with van der Waals surface area (Å²) in [5, 5.41) is 15.8. The minimum absolute atomic E-state index is 0.0872. The summed E-state index contributed by atoms with van der Waals surface area (Å²) >= 11 is 8.73. The number of amides is 1. The van der Waals surface area contributed by atoms with Crippen molar-refractivity contribution in [3.8, 4) is 0 Å². The molecule has 0 bridgehead atoms. The van der Waals surface area contributed by atoms with Crippen LogP contribution in [-0.2, 0) is 9.59 Å². The molecule has 2 aromatic rings. The lowest BCUT2D eigenvalue weighted by Gasteiger charge is -2.05. The van der Waals surface area contributed by atoms with Crippen molar-refractivity contribution >= 4 is 62.0 Å². The molecular formula is C17H17BrClN5O2. The third-order valence-electron chi connectivity index (χ3n) is 2.84. The van der Waals surface area contributed by atoms with Crippen molar-refractivity contribution in [2.45, 2.75) is 0 Å². The Bertz CT molecular complexity index is 798. The maximum Gasteiger partial charge on any atom is 0.211 e. The van der Waals surface area contributed by atoms with Crippen molar-refractivity contribution in [2.75, 3.05) is 23.0 Å². The number of halogens is 2. The van der Waals surface area contributed by atoms with Crippen molar-refractivity contribution in [3.63, 3.8) is 0 Å². The van der Waals surface area contributed by atoms with Gasteiger partial charge in [0.2, 0.25) is 6.41 Å². The number of anilines is 3. The van der Waals surface area contributed by atoms with Crippen LogP contribution in [0.5, 0.6) is 0 Å². The number of aromatic nitrogens is 1. The second-order valence-electron chi connectivity index (χ2n) is 4.58. The lowest BCUT2D eigenvalue weighted by Crippen LogP contribution is -2.04. The normalized spacial score (nSPS) is 10.0. The van der Waals surface area contributed by atoms with Crippen LogP contribution >= 0.6 is 27.5 Å². The van der Waals surface area contributed by atoms with Gasteiger partial charge in [-0.1, -0.05) is 23.7 Å². The van der Waals surface area contributed by atoms with E-state index in [1.807, 2.05) is 31.3 Å². The average molecular weight is 439 g/mol. The van der Waals surface area contributed by atoms with E-state index in [-0.39, 0.29) is 10.3 Å². The number of rotatable bonds is 7. The number of carbonyl (C=O) groups is 2. The van der Waals surface area contributed by atoms with E-state index < -0.39 is 0 Å². The highest BCUT2D eigenvalue weighted by Gasteiger charge is 2.02. The van der Waals surface area contributed by atoms with Crippen LogP contribution in [0.4, 0.5) is 17.2 Å². The van der Waals surface area contributed by atoms with Crippen LogP contribution in [0.2, 0.25) is 5.02 Å². The van der Waals surface area contributed by atoms with Crippen LogP contribution in [0.3, 0.4) is 0 Å². The Balaban J connectivity index is 0.000000273. The summed E-state index contributed by atoms with van der Waals surface area (Å²) in [6, 6.07) is 10.8. The molecule has 0 saturated heterocycles. The fourth-order valence-electron chi connectivity index (χ4n) is 1.74. The largest absolute Gasteiger partial charge is 0.386 e. The Morgan fingerprint density at radius 2 is 1.88 bits per heavy atom. The number of aldehydes is 1. The molecule has 7 nitrogen and oxygen atoms in total. The smallest absolute Gasteiger partial charge is 0.211 e. The predicted octanol–water partition coefficient (Wildman–Crippen LogP) is 3.90. The standard InChI is InChI=1S/C9H7BrClN3O.C8H10N2O/c10-8(12)4-6(5-15)14-9-7(11)2-1-3-13-9;1-9-7-4-2-3-5-8(7)10-6-11/h1-5,12H,(H,13,14);2-6,9H,1H3,(H,10,11)/b6-4-,12-8?;. The zero-order valence-electron chi connectivity index (χ0n) is 13.8. The van der Waals surface area contributed by atoms with Gasteiger partial charge in [0.05, 0.1) is 26.7 Å². The van der Waals surface area contributed by atoms with Gasteiger partial charge in [0, 0.05) is 13.2 Å². The van der Waals surface area contributed by atoms with Gasteiger partial charge in [-0.15, -0.1) is 0 Å². The fraction of sp³-hybridized carbons (Fsp3) is 0.0588. The predicted molar refractivity (Wildman–Crippen MR) is 109 cm³/mol. The van der Waals surface area contributed by atoms with Gasteiger partial charge in [-0.05, 0) is 46.3 Å². The summed E-state index contributed by atoms with van der Waals surface area (Å²) in [5.41, 5.74) is 1.92. The lowest BCUT2D eigenvalue weighted by molar-refractivity contribution is -0.105. The number of para-hydroxylation sites is 2. The number of allylic oxidation sites excluding steroid dienone is 2. The zero-order valence-corrected chi connectivity index (χ0v) is 16.1. The first kappa shape index (κ1) is 21.3. The van der Waals surface area contributed by atoms with E-state index in [2.05, 4.69) is 36.9 Å². The molecule has 9 heteroatoms. The number of hydrogen-bond acceptors (Lipinski definition) is 6. The maximum absolute atomic E-state index is 10.6. The van der Waals surface area contributed by atoms with Gasteiger partial charge in [-0.2, -0.15) is 0 Å². The summed E-state index contributed by atoms with van der Waals surface area (Å²) in [4.78, 5) is 24.7. The van der Waals surface area contributed by atoms with Crippen LogP contribution in [0.25, 0.3) is 0 Å². The second-order valence-corrected chi connectivity index (χ2v) is 5.84. The molecule has 1 aromatic heterocycles. The van der Waals surface area contributed by atoms with Gasteiger partial charge >= 0.3 is 0 Å². The quantitative estimate of drug-likeness (QED) is 0.298. The number of pyridine rings is 1. The average Bonchev–Trinajstić information content (AvgIpc) is 2.64. The molecule has 4 N–H and O–H groups in total. The maximum atomic E-state index is 10.6. The molecular weight excluding hydrogens is 422 g/mol. The molecule has 0 spiro atoms. The zero-order chi connectivity index (χ0) is 19.4. The van der Waals surface area contributed by atoms with E-state index in [4.69, 9.17) is 17.0 Å². The molecule has 0 radical (unpaired) electrons. The van der Waals surface area contributed by atoms with Crippen molar-refractivity contribution in [3.05, 3.63) is 59.4 Å². The highest BCUT2D eigenvalue weighted by molar-refractivity contribution is 9.18. The van der Waals surface area contributed by atoms with Crippen LogP contribution in [0.1, 0.15) is 0 Å². The Morgan fingerprint density at radius 1 is 1.19 bits per heavy atom.